The Labute approximate surface area is 207 Å². The number of piperidine rings is 1. The van der Waals surface area contributed by atoms with Gasteiger partial charge in [0.15, 0.2) is 9.84 Å². The predicted molar refractivity (Wildman–Crippen MR) is 133 cm³/mol. The van der Waals surface area contributed by atoms with Crippen LogP contribution in [-0.2, 0) is 29.4 Å². The molecule has 0 atom stereocenters. The lowest BCUT2D eigenvalue weighted by molar-refractivity contribution is -0.120. The number of amides is 1. The van der Waals surface area contributed by atoms with E-state index in [1.54, 1.807) is 12.1 Å². The number of anilines is 1. The van der Waals surface area contributed by atoms with Crippen molar-refractivity contribution in [3.63, 3.8) is 0 Å². The van der Waals surface area contributed by atoms with Crippen molar-refractivity contribution >= 4 is 58.2 Å². The Kier molecular flexibility index (Phi) is 7.00. The number of hydrogen-bond acceptors (Lipinski definition) is 8. The van der Waals surface area contributed by atoms with Crippen LogP contribution in [0.5, 0.6) is 0 Å². The molecule has 4 rings (SSSR count). The SMILES string of the molecule is COC(=O)c1c(NC(=O)C2CCN(S(=O)(=O)c3ccc(S(C)(=O)=O)cc3)CC2)sc2ccccc12. The van der Waals surface area contributed by atoms with Gasteiger partial charge in [-0.05, 0) is 43.2 Å². The van der Waals surface area contributed by atoms with Crippen LogP contribution >= 0.6 is 11.3 Å². The number of ether oxygens (including phenoxy) is 1. The van der Waals surface area contributed by atoms with Gasteiger partial charge in [-0.15, -0.1) is 11.3 Å². The van der Waals surface area contributed by atoms with Gasteiger partial charge in [0.25, 0.3) is 0 Å². The zero-order valence-corrected chi connectivity index (χ0v) is 21.5. The second-order valence-electron chi connectivity index (χ2n) is 8.21. The summed E-state index contributed by atoms with van der Waals surface area (Å²) in [6, 6.07) is 12.4. The number of sulfone groups is 1. The number of carbonyl (C=O) groups excluding carboxylic acids is 2. The molecule has 1 aliphatic heterocycles. The maximum atomic E-state index is 13.0. The first-order valence-corrected chi connectivity index (χ1v) is 14.9. The van der Waals surface area contributed by atoms with Gasteiger partial charge in [-0.3, -0.25) is 4.79 Å². The molecule has 2 heterocycles. The third-order valence-electron chi connectivity index (χ3n) is 5.94. The Morgan fingerprint density at radius 1 is 0.971 bits per heavy atom. The fourth-order valence-corrected chi connectivity index (χ4v) is 7.21. The van der Waals surface area contributed by atoms with Gasteiger partial charge < -0.3 is 10.1 Å². The third kappa shape index (κ3) is 5.10. The topological polar surface area (TPSA) is 127 Å². The predicted octanol–water partition coefficient (Wildman–Crippen LogP) is 3.13. The Morgan fingerprint density at radius 3 is 2.17 bits per heavy atom. The normalized spacial score (nSPS) is 15.7. The van der Waals surface area contributed by atoms with Gasteiger partial charge in [-0.25, -0.2) is 21.6 Å². The fraction of sp³-hybridized carbons (Fsp3) is 0.304. The standard InChI is InChI=1S/C23H24N2O7S3/c1-32-23(27)20-18-5-3-4-6-19(18)33-22(20)24-21(26)15-11-13-25(14-12-15)35(30,31)17-9-7-16(8-10-17)34(2,28)29/h3-10,15H,11-14H2,1-2H3,(H,24,26). The maximum absolute atomic E-state index is 13.0. The molecule has 0 saturated carbocycles. The van der Waals surface area contributed by atoms with Crippen LogP contribution in [0, 0.1) is 5.92 Å². The molecule has 1 aliphatic rings. The molecule has 3 aromatic rings. The number of hydrogen-bond donors (Lipinski definition) is 1. The number of rotatable bonds is 6. The minimum absolute atomic E-state index is 0.000738. The summed E-state index contributed by atoms with van der Waals surface area (Å²) < 4.78 is 56.3. The van der Waals surface area contributed by atoms with Crippen molar-refractivity contribution in [3.8, 4) is 0 Å². The fourth-order valence-electron chi connectivity index (χ4n) is 4.02. The average Bonchev–Trinajstić information content (AvgIpc) is 3.21. The molecule has 35 heavy (non-hydrogen) atoms. The van der Waals surface area contributed by atoms with E-state index in [9.17, 15) is 26.4 Å². The van der Waals surface area contributed by atoms with E-state index in [0.717, 1.165) is 11.0 Å². The second kappa shape index (κ2) is 9.69. The lowest BCUT2D eigenvalue weighted by atomic mass is 9.97. The van der Waals surface area contributed by atoms with Crippen molar-refractivity contribution < 1.29 is 31.2 Å². The van der Waals surface area contributed by atoms with E-state index in [4.69, 9.17) is 4.74 Å². The van der Waals surface area contributed by atoms with Crippen LogP contribution < -0.4 is 5.32 Å². The Morgan fingerprint density at radius 2 is 1.57 bits per heavy atom. The molecule has 1 amide bonds. The summed E-state index contributed by atoms with van der Waals surface area (Å²) in [5.74, 6) is -1.25. The summed E-state index contributed by atoms with van der Waals surface area (Å²) in [7, 11) is -5.97. The summed E-state index contributed by atoms with van der Waals surface area (Å²) in [5, 5.41) is 3.95. The first kappa shape index (κ1) is 25.3. The van der Waals surface area contributed by atoms with Gasteiger partial charge in [-0.1, -0.05) is 18.2 Å². The average molecular weight is 537 g/mol. The summed E-state index contributed by atoms with van der Waals surface area (Å²) in [6.07, 6.45) is 1.68. The molecule has 0 aliphatic carbocycles. The largest absolute Gasteiger partial charge is 0.465 e. The number of fused-ring (bicyclic) bond motifs is 1. The summed E-state index contributed by atoms with van der Waals surface area (Å²) in [5.41, 5.74) is 0.305. The molecule has 0 radical (unpaired) electrons. The van der Waals surface area contributed by atoms with Crippen molar-refractivity contribution in [1.29, 1.82) is 0 Å². The van der Waals surface area contributed by atoms with Crippen LogP contribution in [0.4, 0.5) is 5.00 Å². The first-order chi connectivity index (χ1) is 16.5. The molecule has 0 bridgehead atoms. The zero-order valence-electron chi connectivity index (χ0n) is 19.1. The number of benzene rings is 2. The number of carbonyl (C=O) groups is 2. The van der Waals surface area contributed by atoms with Crippen molar-refractivity contribution in [3.05, 3.63) is 54.1 Å². The van der Waals surface area contributed by atoms with Gasteiger partial charge >= 0.3 is 5.97 Å². The van der Waals surface area contributed by atoms with Crippen molar-refractivity contribution in [2.24, 2.45) is 5.92 Å². The molecule has 1 fully saturated rings. The number of thiophene rings is 1. The molecule has 0 unspecified atom stereocenters. The van der Waals surface area contributed by atoms with Gasteiger partial charge in [0, 0.05) is 35.3 Å². The molecule has 12 heteroatoms. The van der Waals surface area contributed by atoms with Crippen molar-refractivity contribution in [2.45, 2.75) is 22.6 Å². The summed E-state index contributed by atoms with van der Waals surface area (Å²) in [6.45, 7) is 0.287. The number of nitrogens with zero attached hydrogens (tertiary/aromatic N) is 1. The third-order valence-corrected chi connectivity index (χ3v) is 10.1. The number of methoxy groups -OCH3 is 1. The highest BCUT2D eigenvalue weighted by atomic mass is 32.2. The highest BCUT2D eigenvalue weighted by Gasteiger charge is 2.33. The summed E-state index contributed by atoms with van der Waals surface area (Å²) in [4.78, 5) is 25.4. The highest BCUT2D eigenvalue weighted by molar-refractivity contribution is 7.90. The second-order valence-corrected chi connectivity index (χ2v) is 13.2. The maximum Gasteiger partial charge on any atom is 0.341 e. The Bertz CT molecular complexity index is 1490. The first-order valence-electron chi connectivity index (χ1n) is 10.7. The quantitative estimate of drug-likeness (QED) is 0.480. The van der Waals surface area contributed by atoms with Crippen molar-refractivity contribution in [2.75, 3.05) is 31.8 Å². The van der Waals surface area contributed by atoms with E-state index in [2.05, 4.69) is 5.32 Å². The number of sulfonamides is 1. The molecule has 9 nitrogen and oxygen atoms in total. The smallest absolute Gasteiger partial charge is 0.341 e. The minimum atomic E-state index is -3.82. The van der Waals surface area contributed by atoms with E-state index in [0.29, 0.717) is 28.8 Å². The van der Waals surface area contributed by atoms with Crippen molar-refractivity contribution in [1.82, 2.24) is 4.31 Å². The van der Waals surface area contributed by atoms with Crippen LogP contribution in [0.2, 0.25) is 0 Å². The molecule has 0 spiro atoms. The van der Waals surface area contributed by atoms with Crippen LogP contribution in [0.25, 0.3) is 10.1 Å². The zero-order chi connectivity index (χ0) is 25.4. The van der Waals surface area contributed by atoms with E-state index < -0.39 is 31.7 Å². The molecule has 1 N–H and O–H groups in total. The monoisotopic (exact) mass is 536 g/mol. The Balaban J connectivity index is 1.45. The number of nitrogens with one attached hydrogen (secondary N) is 1. The molecular formula is C23H24N2O7S3. The van der Waals surface area contributed by atoms with Crippen LogP contribution in [-0.4, -0.2) is 59.5 Å². The molecule has 1 aromatic heterocycles. The van der Waals surface area contributed by atoms with E-state index in [-0.39, 0.29) is 28.8 Å². The van der Waals surface area contributed by atoms with E-state index in [1.165, 1.54) is 47.0 Å². The summed E-state index contributed by atoms with van der Waals surface area (Å²) >= 11 is 1.28. The van der Waals surface area contributed by atoms with Gasteiger partial charge in [0.05, 0.1) is 16.9 Å². The minimum Gasteiger partial charge on any atom is -0.465 e. The van der Waals surface area contributed by atoms with E-state index >= 15 is 0 Å². The molecule has 2 aromatic carbocycles. The lowest BCUT2D eigenvalue weighted by Gasteiger charge is -2.30. The van der Waals surface area contributed by atoms with Gasteiger partial charge in [-0.2, -0.15) is 4.31 Å². The number of esters is 1. The molecular weight excluding hydrogens is 512 g/mol. The molecule has 186 valence electrons. The van der Waals surface area contributed by atoms with Gasteiger partial charge in [0.2, 0.25) is 15.9 Å². The lowest BCUT2D eigenvalue weighted by Crippen LogP contribution is -2.41. The van der Waals surface area contributed by atoms with Crippen LogP contribution in [0.1, 0.15) is 23.2 Å². The van der Waals surface area contributed by atoms with E-state index in [1.807, 2.05) is 12.1 Å². The Hall–Kier alpha value is -2.80. The van der Waals surface area contributed by atoms with Crippen LogP contribution in [0.15, 0.2) is 58.3 Å². The molecule has 1 saturated heterocycles. The van der Waals surface area contributed by atoms with Gasteiger partial charge in [0.1, 0.15) is 10.6 Å². The van der Waals surface area contributed by atoms with Crippen LogP contribution in [0.3, 0.4) is 0 Å². The highest BCUT2D eigenvalue weighted by Crippen LogP contribution is 2.37.